The monoisotopic (exact) mass is 304 g/mol. The number of rotatable bonds is 4. The fourth-order valence-corrected chi connectivity index (χ4v) is 2.97. The number of nitrogens with zero attached hydrogens (tertiary/aromatic N) is 1. The topological polar surface area (TPSA) is 41.6 Å². The summed E-state index contributed by atoms with van der Waals surface area (Å²) in [5.41, 5.74) is 0.865. The van der Waals surface area contributed by atoms with Gasteiger partial charge in [0.15, 0.2) is 0 Å². The Morgan fingerprint density at radius 3 is 2.55 bits per heavy atom. The minimum Gasteiger partial charge on any atom is -0.444 e. The molecule has 22 heavy (non-hydrogen) atoms. The number of hydrogen-bond donors (Lipinski definition) is 1. The quantitative estimate of drug-likeness (QED) is 0.926. The van der Waals surface area contributed by atoms with Crippen LogP contribution in [0, 0.1) is 5.92 Å². The summed E-state index contributed by atoms with van der Waals surface area (Å²) in [7, 11) is 0. The van der Waals surface area contributed by atoms with Crippen LogP contribution in [0.1, 0.15) is 39.7 Å². The van der Waals surface area contributed by atoms with Crippen molar-refractivity contribution in [2.75, 3.05) is 13.1 Å². The van der Waals surface area contributed by atoms with Crippen LogP contribution in [0.5, 0.6) is 0 Å². The van der Waals surface area contributed by atoms with Crippen molar-refractivity contribution < 1.29 is 9.53 Å². The van der Waals surface area contributed by atoms with Crippen LogP contribution in [0.15, 0.2) is 30.3 Å². The molecular formula is C18H28N2O2. The normalized spacial score (nSPS) is 22.5. The number of hydrogen-bond acceptors (Lipinski definition) is 3. The van der Waals surface area contributed by atoms with Gasteiger partial charge in [-0.25, -0.2) is 4.79 Å². The van der Waals surface area contributed by atoms with Gasteiger partial charge in [-0.1, -0.05) is 43.7 Å². The number of carbonyl (C=O) groups is 1. The standard InChI is InChI=1S/C18H28N2O2/c1-5-15-12-20(11-14-9-7-6-8-10-14)13-16(15)19-17(21)22-18(2,3)4/h6-10,15-16H,5,11-13H2,1-4H3,(H,19,21)/t15-,16-/m1/s1. The lowest BCUT2D eigenvalue weighted by molar-refractivity contribution is 0.0495. The zero-order valence-corrected chi connectivity index (χ0v) is 14.1. The van der Waals surface area contributed by atoms with Crippen LogP contribution in [-0.2, 0) is 11.3 Å². The van der Waals surface area contributed by atoms with E-state index >= 15 is 0 Å². The highest BCUT2D eigenvalue weighted by molar-refractivity contribution is 5.68. The van der Waals surface area contributed by atoms with Crippen LogP contribution in [0.3, 0.4) is 0 Å². The number of benzene rings is 1. The zero-order chi connectivity index (χ0) is 16.2. The summed E-state index contributed by atoms with van der Waals surface area (Å²) in [6.07, 6.45) is 0.753. The van der Waals surface area contributed by atoms with Gasteiger partial charge in [0.2, 0.25) is 0 Å². The van der Waals surface area contributed by atoms with Gasteiger partial charge in [0.05, 0.1) is 0 Å². The fraction of sp³-hybridized carbons (Fsp3) is 0.611. The summed E-state index contributed by atoms with van der Waals surface area (Å²) < 4.78 is 5.38. The Hall–Kier alpha value is -1.55. The maximum atomic E-state index is 12.0. The molecule has 0 unspecified atom stereocenters. The molecule has 1 N–H and O–H groups in total. The molecule has 1 amide bonds. The first-order valence-electron chi connectivity index (χ1n) is 8.13. The predicted octanol–water partition coefficient (Wildman–Crippen LogP) is 3.42. The molecule has 1 fully saturated rings. The molecule has 122 valence electrons. The third-order valence-electron chi connectivity index (χ3n) is 3.99. The molecule has 1 aliphatic rings. The summed E-state index contributed by atoms with van der Waals surface area (Å²) in [6.45, 7) is 10.7. The Morgan fingerprint density at radius 1 is 1.27 bits per heavy atom. The molecule has 1 saturated heterocycles. The predicted molar refractivity (Wildman–Crippen MR) is 88.7 cm³/mol. The van der Waals surface area contributed by atoms with Crippen molar-refractivity contribution in [3.8, 4) is 0 Å². The van der Waals surface area contributed by atoms with Crippen LogP contribution < -0.4 is 5.32 Å². The van der Waals surface area contributed by atoms with E-state index in [1.807, 2.05) is 26.8 Å². The highest BCUT2D eigenvalue weighted by atomic mass is 16.6. The van der Waals surface area contributed by atoms with Crippen LogP contribution in [-0.4, -0.2) is 35.7 Å². The van der Waals surface area contributed by atoms with Crippen molar-refractivity contribution >= 4 is 6.09 Å². The number of carbonyl (C=O) groups excluding carboxylic acids is 1. The van der Waals surface area contributed by atoms with Gasteiger partial charge in [-0.2, -0.15) is 0 Å². The maximum Gasteiger partial charge on any atom is 0.407 e. The first kappa shape index (κ1) is 16.8. The van der Waals surface area contributed by atoms with Crippen molar-refractivity contribution in [1.29, 1.82) is 0 Å². The molecule has 4 heteroatoms. The number of alkyl carbamates (subject to hydrolysis) is 1. The molecule has 0 bridgehead atoms. The van der Waals surface area contributed by atoms with E-state index in [1.54, 1.807) is 0 Å². The van der Waals surface area contributed by atoms with Crippen LogP contribution >= 0.6 is 0 Å². The zero-order valence-electron chi connectivity index (χ0n) is 14.1. The van der Waals surface area contributed by atoms with E-state index in [0.29, 0.717) is 5.92 Å². The SMILES string of the molecule is CC[C@@H]1CN(Cc2ccccc2)C[C@H]1NC(=O)OC(C)(C)C. The highest BCUT2D eigenvalue weighted by Gasteiger charge is 2.33. The van der Waals surface area contributed by atoms with E-state index in [9.17, 15) is 4.79 Å². The second kappa shape index (κ2) is 7.14. The van der Waals surface area contributed by atoms with E-state index in [4.69, 9.17) is 4.74 Å². The largest absolute Gasteiger partial charge is 0.444 e. The lowest BCUT2D eigenvalue weighted by atomic mass is 10.0. The van der Waals surface area contributed by atoms with Gasteiger partial charge < -0.3 is 10.1 Å². The minimum atomic E-state index is -0.450. The molecule has 1 aliphatic heterocycles. The van der Waals surface area contributed by atoms with Crippen molar-refractivity contribution in [2.45, 2.75) is 52.3 Å². The maximum absolute atomic E-state index is 12.0. The average Bonchev–Trinajstić information content (AvgIpc) is 2.79. The number of nitrogens with one attached hydrogen (secondary N) is 1. The number of amides is 1. The molecule has 0 aliphatic carbocycles. The third kappa shape index (κ3) is 5.02. The van der Waals surface area contributed by atoms with Crippen molar-refractivity contribution in [3.63, 3.8) is 0 Å². The smallest absolute Gasteiger partial charge is 0.407 e. The van der Waals surface area contributed by atoms with E-state index in [1.165, 1.54) is 5.56 Å². The second-order valence-electron chi connectivity index (χ2n) is 7.10. The Kier molecular flexibility index (Phi) is 5.46. The summed E-state index contributed by atoms with van der Waals surface area (Å²) in [4.78, 5) is 14.4. The molecule has 4 nitrogen and oxygen atoms in total. The van der Waals surface area contributed by atoms with Crippen molar-refractivity contribution in [3.05, 3.63) is 35.9 Å². The number of likely N-dealkylation sites (tertiary alicyclic amines) is 1. The number of ether oxygens (including phenoxy) is 1. The molecule has 0 spiro atoms. The van der Waals surface area contributed by atoms with Crippen LogP contribution in [0.25, 0.3) is 0 Å². The Labute approximate surface area is 133 Å². The van der Waals surface area contributed by atoms with Gasteiger partial charge in [-0.3, -0.25) is 4.90 Å². The van der Waals surface area contributed by atoms with Gasteiger partial charge >= 0.3 is 6.09 Å². The highest BCUT2D eigenvalue weighted by Crippen LogP contribution is 2.22. The van der Waals surface area contributed by atoms with Crippen LogP contribution in [0.4, 0.5) is 4.79 Å². The van der Waals surface area contributed by atoms with Crippen molar-refractivity contribution in [2.24, 2.45) is 5.92 Å². The van der Waals surface area contributed by atoms with Crippen LogP contribution in [0.2, 0.25) is 0 Å². The molecule has 0 aromatic heterocycles. The molecule has 1 aromatic carbocycles. The average molecular weight is 304 g/mol. The second-order valence-corrected chi connectivity index (χ2v) is 7.10. The summed E-state index contributed by atoms with van der Waals surface area (Å²) in [5, 5.41) is 3.05. The molecule has 1 aromatic rings. The molecular weight excluding hydrogens is 276 g/mol. The summed E-state index contributed by atoms with van der Waals surface area (Å²) in [5.74, 6) is 0.483. The van der Waals surface area contributed by atoms with E-state index in [0.717, 1.165) is 26.1 Å². The first-order valence-corrected chi connectivity index (χ1v) is 8.13. The molecule has 1 heterocycles. The molecule has 0 saturated carbocycles. The van der Waals surface area contributed by atoms with E-state index in [2.05, 4.69) is 41.4 Å². The van der Waals surface area contributed by atoms with Gasteiger partial charge in [-0.05, 0) is 32.3 Å². The fourth-order valence-electron chi connectivity index (χ4n) is 2.97. The molecule has 2 atom stereocenters. The Morgan fingerprint density at radius 2 is 1.95 bits per heavy atom. The van der Waals surface area contributed by atoms with Gasteiger partial charge in [0.1, 0.15) is 5.60 Å². The van der Waals surface area contributed by atoms with Gasteiger partial charge in [0.25, 0.3) is 0 Å². The molecule has 0 radical (unpaired) electrons. The third-order valence-corrected chi connectivity index (χ3v) is 3.99. The van der Waals surface area contributed by atoms with E-state index < -0.39 is 5.60 Å². The summed E-state index contributed by atoms with van der Waals surface area (Å²) >= 11 is 0. The summed E-state index contributed by atoms with van der Waals surface area (Å²) in [6, 6.07) is 10.6. The van der Waals surface area contributed by atoms with Gasteiger partial charge in [0, 0.05) is 25.7 Å². The van der Waals surface area contributed by atoms with Crippen molar-refractivity contribution in [1.82, 2.24) is 10.2 Å². The lowest BCUT2D eigenvalue weighted by Crippen LogP contribution is -2.43. The Balaban J connectivity index is 1.90. The lowest BCUT2D eigenvalue weighted by Gasteiger charge is -2.23. The van der Waals surface area contributed by atoms with Gasteiger partial charge in [-0.15, -0.1) is 0 Å². The molecule has 2 rings (SSSR count). The first-order chi connectivity index (χ1) is 10.4. The Bertz CT molecular complexity index is 482. The van der Waals surface area contributed by atoms with E-state index in [-0.39, 0.29) is 12.1 Å². The minimum absolute atomic E-state index is 0.170.